The van der Waals surface area contributed by atoms with Crippen LogP contribution in [0.5, 0.6) is 0 Å². The molecule has 2 aromatic carbocycles. The van der Waals surface area contributed by atoms with Gasteiger partial charge < -0.3 is 10.1 Å². The van der Waals surface area contributed by atoms with Gasteiger partial charge in [-0.3, -0.25) is 9.10 Å². The van der Waals surface area contributed by atoms with Gasteiger partial charge in [-0.25, -0.2) is 8.42 Å². The fourth-order valence-electron chi connectivity index (χ4n) is 3.99. The molecule has 1 aliphatic heterocycles. The number of hydrogen-bond acceptors (Lipinski definition) is 4. The first kappa shape index (κ1) is 24.8. The Morgan fingerprint density at radius 2 is 1.78 bits per heavy atom. The zero-order valence-electron chi connectivity index (χ0n) is 18.0. The van der Waals surface area contributed by atoms with Crippen molar-refractivity contribution in [3.8, 4) is 0 Å². The van der Waals surface area contributed by atoms with Crippen LogP contribution in [-0.2, 0) is 25.0 Å². The number of carbonyl (C=O) groups is 1. The highest BCUT2D eigenvalue weighted by molar-refractivity contribution is 7.92. The molecular weight excluding hydrogens is 471 g/mol. The highest BCUT2D eigenvalue weighted by Crippen LogP contribution is 2.34. The summed E-state index contributed by atoms with van der Waals surface area (Å²) in [5, 5.41) is 3.69. The predicted octanol–water partition coefficient (Wildman–Crippen LogP) is 4.40. The molecule has 3 rings (SSSR count). The van der Waals surface area contributed by atoms with Crippen molar-refractivity contribution in [2.75, 3.05) is 36.9 Å². The smallest absolute Gasteiger partial charge is 0.232 e. The minimum absolute atomic E-state index is 0.102. The maximum absolute atomic E-state index is 12.6. The Morgan fingerprint density at radius 3 is 2.41 bits per heavy atom. The Labute approximate surface area is 199 Å². The molecule has 9 heteroatoms. The standard InChI is InChI=1S/C23H28Cl2N2O4S/c1-32(29,30)27(19-9-10-20(24)21(25)16-19)13-5-8-22(28)26-17-23(11-14-31-15-12-23)18-6-3-2-4-7-18/h2-4,6-7,9-10,16H,5,8,11-15,17H2,1H3,(H,26,28). The number of nitrogens with one attached hydrogen (secondary N) is 1. The summed E-state index contributed by atoms with van der Waals surface area (Å²) in [5.41, 5.74) is 1.48. The number of ether oxygens (including phenoxy) is 1. The molecule has 32 heavy (non-hydrogen) atoms. The third-order valence-corrected chi connectivity index (χ3v) is 7.75. The van der Waals surface area contributed by atoms with Crippen LogP contribution in [0.2, 0.25) is 10.0 Å². The predicted molar refractivity (Wildman–Crippen MR) is 129 cm³/mol. The molecule has 0 spiro atoms. The quantitative estimate of drug-likeness (QED) is 0.555. The molecule has 1 heterocycles. The molecule has 1 amide bonds. The number of halogens is 2. The first-order chi connectivity index (χ1) is 15.2. The van der Waals surface area contributed by atoms with Crippen LogP contribution in [-0.4, -0.2) is 46.9 Å². The Bertz CT molecular complexity index is 1030. The highest BCUT2D eigenvalue weighted by Gasteiger charge is 2.34. The van der Waals surface area contributed by atoms with Crippen molar-refractivity contribution < 1.29 is 17.9 Å². The highest BCUT2D eigenvalue weighted by atomic mass is 35.5. The molecule has 2 aromatic rings. The fraction of sp³-hybridized carbons (Fsp3) is 0.435. The minimum Gasteiger partial charge on any atom is -0.381 e. The number of nitrogens with zero attached hydrogens (tertiary/aromatic N) is 1. The van der Waals surface area contributed by atoms with Gasteiger partial charge >= 0.3 is 0 Å². The Balaban J connectivity index is 1.59. The number of anilines is 1. The van der Waals surface area contributed by atoms with E-state index in [1.807, 2.05) is 18.2 Å². The average molecular weight is 499 g/mol. The lowest BCUT2D eigenvalue weighted by atomic mass is 9.74. The largest absolute Gasteiger partial charge is 0.381 e. The lowest BCUT2D eigenvalue weighted by molar-refractivity contribution is -0.121. The Hall–Kier alpha value is -1.80. The summed E-state index contributed by atoms with van der Waals surface area (Å²) >= 11 is 12.0. The van der Waals surface area contributed by atoms with E-state index >= 15 is 0 Å². The van der Waals surface area contributed by atoms with E-state index in [1.165, 1.54) is 15.9 Å². The van der Waals surface area contributed by atoms with Crippen molar-refractivity contribution >= 4 is 44.8 Å². The van der Waals surface area contributed by atoms with E-state index in [1.54, 1.807) is 12.1 Å². The number of hydrogen-bond donors (Lipinski definition) is 1. The van der Waals surface area contributed by atoms with Gasteiger partial charge in [0.1, 0.15) is 0 Å². The fourth-order valence-corrected chi connectivity index (χ4v) is 5.24. The lowest BCUT2D eigenvalue weighted by Crippen LogP contribution is -2.44. The first-order valence-electron chi connectivity index (χ1n) is 10.5. The molecule has 0 atom stereocenters. The van der Waals surface area contributed by atoms with E-state index in [4.69, 9.17) is 27.9 Å². The van der Waals surface area contributed by atoms with Gasteiger partial charge in [0.05, 0.1) is 22.0 Å². The van der Waals surface area contributed by atoms with Gasteiger partial charge in [0, 0.05) is 38.1 Å². The zero-order valence-corrected chi connectivity index (χ0v) is 20.3. The van der Waals surface area contributed by atoms with Gasteiger partial charge in [0.15, 0.2) is 0 Å². The van der Waals surface area contributed by atoms with Crippen LogP contribution in [0.3, 0.4) is 0 Å². The van der Waals surface area contributed by atoms with E-state index in [0.29, 0.717) is 36.9 Å². The summed E-state index contributed by atoms with van der Waals surface area (Å²) in [7, 11) is -3.53. The second-order valence-corrected chi connectivity index (χ2v) is 10.8. The SMILES string of the molecule is CS(=O)(=O)N(CCCC(=O)NCC1(c2ccccc2)CCOCC1)c1ccc(Cl)c(Cl)c1. The molecule has 1 aliphatic rings. The summed E-state index contributed by atoms with van der Waals surface area (Å²) in [5.74, 6) is -0.102. The molecule has 0 radical (unpaired) electrons. The maximum Gasteiger partial charge on any atom is 0.232 e. The van der Waals surface area contributed by atoms with E-state index in [2.05, 4.69) is 17.4 Å². The summed E-state index contributed by atoms with van der Waals surface area (Å²) in [6.45, 7) is 2.03. The van der Waals surface area contributed by atoms with Crippen LogP contribution < -0.4 is 9.62 Å². The molecule has 6 nitrogen and oxygen atoms in total. The van der Waals surface area contributed by atoms with Crippen LogP contribution in [0.15, 0.2) is 48.5 Å². The number of carbonyl (C=O) groups excluding carboxylic acids is 1. The van der Waals surface area contributed by atoms with Crippen molar-refractivity contribution in [2.45, 2.75) is 31.1 Å². The minimum atomic E-state index is -3.53. The topological polar surface area (TPSA) is 75.7 Å². The first-order valence-corrected chi connectivity index (χ1v) is 13.1. The number of rotatable bonds is 9. The van der Waals surface area contributed by atoms with E-state index in [9.17, 15) is 13.2 Å². The summed E-state index contributed by atoms with van der Waals surface area (Å²) in [6.07, 6.45) is 3.41. The second-order valence-electron chi connectivity index (χ2n) is 8.07. The van der Waals surface area contributed by atoms with Crippen molar-refractivity contribution in [1.29, 1.82) is 0 Å². The normalized spacial score (nSPS) is 15.8. The summed E-state index contributed by atoms with van der Waals surface area (Å²) in [4.78, 5) is 12.6. The van der Waals surface area contributed by atoms with Crippen molar-refractivity contribution in [1.82, 2.24) is 5.32 Å². The van der Waals surface area contributed by atoms with Gasteiger partial charge in [-0.05, 0) is 43.0 Å². The Kier molecular flexibility index (Phi) is 8.44. The van der Waals surface area contributed by atoms with E-state index in [0.717, 1.165) is 19.1 Å². The van der Waals surface area contributed by atoms with E-state index in [-0.39, 0.29) is 29.3 Å². The number of sulfonamides is 1. The molecular formula is C23H28Cl2N2O4S. The molecule has 174 valence electrons. The van der Waals surface area contributed by atoms with Gasteiger partial charge in [-0.1, -0.05) is 53.5 Å². The molecule has 1 N–H and O–H groups in total. The molecule has 0 unspecified atom stereocenters. The molecule has 0 saturated carbocycles. The molecule has 1 saturated heterocycles. The number of benzene rings is 2. The second kappa shape index (κ2) is 10.9. The van der Waals surface area contributed by atoms with Crippen LogP contribution >= 0.6 is 23.2 Å². The monoisotopic (exact) mass is 498 g/mol. The van der Waals surface area contributed by atoms with Crippen LogP contribution in [0.4, 0.5) is 5.69 Å². The average Bonchev–Trinajstić information content (AvgIpc) is 2.78. The summed E-state index contributed by atoms with van der Waals surface area (Å²) in [6, 6.07) is 14.9. The Morgan fingerprint density at radius 1 is 1.09 bits per heavy atom. The van der Waals surface area contributed by atoms with Crippen LogP contribution in [0, 0.1) is 0 Å². The molecule has 0 aliphatic carbocycles. The van der Waals surface area contributed by atoms with Gasteiger partial charge in [0.25, 0.3) is 0 Å². The third kappa shape index (κ3) is 6.38. The van der Waals surface area contributed by atoms with Crippen LogP contribution in [0.1, 0.15) is 31.2 Å². The zero-order chi connectivity index (χ0) is 23.2. The van der Waals surface area contributed by atoms with E-state index < -0.39 is 10.0 Å². The third-order valence-electron chi connectivity index (χ3n) is 5.82. The summed E-state index contributed by atoms with van der Waals surface area (Å²) < 4.78 is 31.3. The van der Waals surface area contributed by atoms with Crippen molar-refractivity contribution in [2.24, 2.45) is 0 Å². The van der Waals surface area contributed by atoms with Crippen molar-refractivity contribution in [3.05, 3.63) is 64.1 Å². The van der Waals surface area contributed by atoms with Crippen LogP contribution in [0.25, 0.3) is 0 Å². The van der Waals surface area contributed by atoms with Crippen molar-refractivity contribution in [3.63, 3.8) is 0 Å². The number of amides is 1. The van der Waals surface area contributed by atoms with Gasteiger partial charge in [0.2, 0.25) is 15.9 Å². The maximum atomic E-state index is 12.6. The van der Waals surface area contributed by atoms with Gasteiger partial charge in [-0.2, -0.15) is 0 Å². The lowest BCUT2D eigenvalue weighted by Gasteiger charge is -2.38. The molecule has 0 bridgehead atoms. The molecule has 1 fully saturated rings. The molecule has 0 aromatic heterocycles. The van der Waals surface area contributed by atoms with Gasteiger partial charge in [-0.15, -0.1) is 0 Å².